The van der Waals surface area contributed by atoms with Gasteiger partial charge in [0, 0.05) is 32.3 Å². The second-order valence-corrected chi connectivity index (χ2v) is 4.82. The van der Waals surface area contributed by atoms with Crippen molar-refractivity contribution in [1.82, 2.24) is 4.90 Å². The third-order valence-corrected chi connectivity index (χ3v) is 3.75. The highest BCUT2D eigenvalue weighted by Crippen LogP contribution is 2.29. The Hall–Kier alpha value is -0.550. The highest BCUT2D eigenvalue weighted by Gasteiger charge is 2.37. The number of nitroso groups, excluding NO2 is 1. The van der Waals surface area contributed by atoms with Gasteiger partial charge in [0.05, 0.1) is 0 Å². The van der Waals surface area contributed by atoms with Gasteiger partial charge in [-0.25, -0.2) is 4.39 Å². The molecule has 0 aromatic heterocycles. The van der Waals surface area contributed by atoms with E-state index in [4.69, 9.17) is 4.74 Å². The van der Waals surface area contributed by atoms with Crippen LogP contribution in [0.15, 0.2) is 5.18 Å². The van der Waals surface area contributed by atoms with Gasteiger partial charge in [-0.2, -0.15) is 4.91 Å². The number of piperidine rings is 1. The molecule has 2 aliphatic heterocycles. The third kappa shape index (κ3) is 2.77. The van der Waals surface area contributed by atoms with Crippen LogP contribution in [0.25, 0.3) is 0 Å². The molecule has 0 bridgehead atoms. The molecule has 0 radical (unpaired) electrons. The first-order valence-electron chi connectivity index (χ1n) is 6.03. The lowest BCUT2D eigenvalue weighted by Crippen LogP contribution is -2.49. The van der Waals surface area contributed by atoms with Crippen LogP contribution < -0.4 is 0 Å². The highest BCUT2D eigenvalue weighted by atomic mass is 19.1. The number of hydrogen-bond donors (Lipinski definition) is 0. The van der Waals surface area contributed by atoms with Gasteiger partial charge < -0.3 is 4.74 Å². The molecule has 5 heteroatoms. The lowest BCUT2D eigenvalue weighted by molar-refractivity contribution is -0.00280. The zero-order chi connectivity index (χ0) is 11.4. The molecule has 2 saturated heterocycles. The van der Waals surface area contributed by atoms with E-state index >= 15 is 0 Å². The Morgan fingerprint density at radius 1 is 1.31 bits per heavy atom. The Morgan fingerprint density at radius 3 is 2.50 bits per heavy atom. The maximum absolute atomic E-state index is 14.0. The van der Waals surface area contributed by atoms with Crippen LogP contribution >= 0.6 is 0 Å². The molecule has 16 heavy (non-hydrogen) atoms. The fourth-order valence-corrected chi connectivity index (χ4v) is 2.61. The average Bonchev–Trinajstić information content (AvgIpc) is 2.31. The topological polar surface area (TPSA) is 41.9 Å². The molecule has 2 heterocycles. The van der Waals surface area contributed by atoms with Gasteiger partial charge in [0.25, 0.3) is 0 Å². The van der Waals surface area contributed by atoms with E-state index in [9.17, 15) is 9.30 Å². The molecule has 92 valence electrons. The van der Waals surface area contributed by atoms with Crippen LogP contribution in [-0.4, -0.2) is 49.5 Å². The highest BCUT2D eigenvalue weighted by molar-refractivity contribution is 4.90. The van der Waals surface area contributed by atoms with E-state index in [1.807, 2.05) is 0 Å². The number of rotatable bonds is 3. The maximum Gasteiger partial charge on any atom is 0.136 e. The number of nitrogens with zero attached hydrogens (tertiary/aromatic N) is 2. The Morgan fingerprint density at radius 2 is 1.94 bits per heavy atom. The van der Waals surface area contributed by atoms with Gasteiger partial charge >= 0.3 is 0 Å². The van der Waals surface area contributed by atoms with Crippen LogP contribution in [0.4, 0.5) is 4.39 Å². The van der Waals surface area contributed by atoms with Crippen LogP contribution in [0.5, 0.6) is 0 Å². The first-order chi connectivity index (χ1) is 7.73. The van der Waals surface area contributed by atoms with Crippen molar-refractivity contribution in [2.75, 3.05) is 32.8 Å². The normalized spacial score (nSPS) is 27.8. The van der Waals surface area contributed by atoms with E-state index in [1.54, 1.807) is 0 Å². The van der Waals surface area contributed by atoms with E-state index in [1.165, 1.54) is 0 Å². The predicted octanol–water partition coefficient (Wildman–Crippen LogP) is 1.74. The van der Waals surface area contributed by atoms with Crippen molar-refractivity contribution in [3.05, 3.63) is 4.91 Å². The summed E-state index contributed by atoms with van der Waals surface area (Å²) in [5.74, 6) is 0. The summed E-state index contributed by atoms with van der Waals surface area (Å²) in [6.07, 6.45) is 2.97. The Kier molecular flexibility index (Phi) is 3.86. The quantitative estimate of drug-likeness (QED) is 0.693. The Bertz CT molecular complexity index is 236. The molecule has 2 rings (SSSR count). The second kappa shape index (κ2) is 5.19. The molecular formula is C11H19FN2O2. The molecule has 2 aliphatic rings. The minimum absolute atomic E-state index is 0.186. The van der Waals surface area contributed by atoms with Crippen molar-refractivity contribution >= 4 is 0 Å². The zero-order valence-electron chi connectivity index (χ0n) is 9.53. The van der Waals surface area contributed by atoms with Crippen LogP contribution in [-0.2, 0) is 4.74 Å². The van der Waals surface area contributed by atoms with Gasteiger partial charge in [-0.3, -0.25) is 4.90 Å². The van der Waals surface area contributed by atoms with Gasteiger partial charge in [0.1, 0.15) is 12.2 Å². The molecule has 2 fully saturated rings. The van der Waals surface area contributed by atoms with Crippen LogP contribution in [0, 0.1) is 4.91 Å². The molecule has 0 aromatic rings. The summed E-state index contributed by atoms with van der Waals surface area (Å²) in [6, 6.07) is 0.544. The molecule has 0 aliphatic carbocycles. The fraction of sp³-hybridized carbons (Fsp3) is 1.00. The summed E-state index contributed by atoms with van der Waals surface area (Å²) in [7, 11) is 0. The smallest absolute Gasteiger partial charge is 0.136 e. The number of likely N-dealkylation sites (tertiary alicyclic amines) is 1. The lowest BCUT2D eigenvalue weighted by atomic mass is 9.91. The minimum atomic E-state index is -1.34. The van der Waals surface area contributed by atoms with Crippen molar-refractivity contribution in [2.24, 2.45) is 5.18 Å². The fourth-order valence-electron chi connectivity index (χ4n) is 2.61. The van der Waals surface area contributed by atoms with Crippen molar-refractivity contribution in [1.29, 1.82) is 0 Å². The molecule has 0 spiro atoms. The van der Waals surface area contributed by atoms with Gasteiger partial charge in [-0.15, -0.1) is 0 Å². The van der Waals surface area contributed by atoms with Crippen molar-refractivity contribution in [3.63, 3.8) is 0 Å². The maximum atomic E-state index is 14.0. The third-order valence-electron chi connectivity index (χ3n) is 3.75. The first-order valence-corrected chi connectivity index (χ1v) is 6.03. The number of ether oxygens (including phenoxy) is 1. The molecule has 0 unspecified atom stereocenters. The van der Waals surface area contributed by atoms with Crippen LogP contribution in [0.2, 0.25) is 0 Å². The lowest BCUT2D eigenvalue weighted by Gasteiger charge is -2.40. The number of halogens is 1. The van der Waals surface area contributed by atoms with E-state index in [0.29, 0.717) is 18.9 Å². The van der Waals surface area contributed by atoms with Crippen LogP contribution in [0.3, 0.4) is 0 Å². The van der Waals surface area contributed by atoms with E-state index in [-0.39, 0.29) is 6.54 Å². The molecular weight excluding hydrogens is 211 g/mol. The van der Waals surface area contributed by atoms with E-state index in [2.05, 4.69) is 10.1 Å². The molecule has 4 nitrogen and oxygen atoms in total. The summed E-state index contributed by atoms with van der Waals surface area (Å²) in [6.45, 7) is 2.94. The van der Waals surface area contributed by atoms with Gasteiger partial charge in [-0.1, -0.05) is 5.18 Å². The molecule has 0 saturated carbocycles. The Balaban J connectivity index is 1.81. The molecule has 0 amide bonds. The van der Waals surface area contributed by atoms with E-state index < -0.39 is 5.67 Å². The summed E-state index contributed by atoms with van der Waals surface area (Å²) in [5, 5.41) is 2.71. The molecule has 0 aromatic carbocycles. The average molecular weight is 230 g/mol. The van der Waals surface area contributed by atoms with Crippen molar-refractivity contribution in [2.45, 2.75) is 37.4 Å². The predicted molar refractivity (Wildman–Crippen MR) is 59.1 cm³/mol. The van der Waals surface area contributed by atoms with Gasteiger partial charge in [-0.05, 0) is 25.7 Å². The zero-order valence-corrected chi connectivity index (χ0v) is 9.53. The molecule has 0 atom stereocenters. The SMILES string of the molecule is O=NCC1(F)CCN(C2CCOCC2)CC1. The largest absolute Gasteiger partial charge is 0.381 e. The monoisotopic (exact) mass is 230 g/mol. The summed E-state index contributed by atoms with van der Waals surface area (Å²) in [5.41, 5.74) is -1.34. The molecule has 0 N–H and O–H groups in total. The first kappa shape index (κ1) is 11.9. The number of alkyl halides is 1. The van der Waals surface area contributed by atoms with E-state index in [0.717, 1.165) is 39.1 Å². The second-order valence-electron chi connectivity index (χ2n) is 4.82. The summed E-state index contributed by atoms with van der Waals surface area (Å²) >= 11 is 0. The van der Waals surface area contributed by atoms with Crippen molar-refractivity contribution in [3.8, 4) is 0 Å². The number of hydrogen-bond acceptors (Lipinski definition) is 4. The van der Waals surface area contributed by atoms with Gasteiger partial charge in [0.15, 0.2) is 0 Å². The summed E-state index contributed by atoms with van der Waals surface area (Å²) < 4.78 is 19.3. The Labute approximate surface area is 95.1 Å². The van der Waals surface area contributed by atoms with Gasteiger partial charge in [0.2, 0.25) is 0 Å². The standard InChI is InChI=1S/C11H19FN2O2/c12-11(9-13-15)3-5-14(6-4-11)10-1-7-16-8-2-10/h10H,1-9H2. The minimum Gasteiger partial charge on any atom is -0.381 e. The van der Waals surface area contributed by atoms with Crippen LogP contribution in [0.1, 0.15) is 25.7 Å². The summed E-state index contributed by atoms with van der Waals surface area (Å²) in [4.78, 5) is 12.5. The van der Waals surface area contributed by atoms with Crippen molar-refractivity contribution < 1.29 is 9.13 Å².